The summed E-state index contributed by atoms with van der Waals surface area (Å²) < 4.78 is 8.90. The maximum absolute atomic E-state index is 12.2. The average Bonchev–Trinajstić information content (AvgIpc) is 2.89. The zero-order chi connectivity index (χ0) is 14.5. The molecule has 0 radical (unpaired) electrons. The van der Waals surface area contributed by atoms with Crippen LogP contribution in [0.5, 0.6) is 0 Å². The number of aryl methyl sites for hydroxylation is 1. The Morgan fingerprint density at radius 1 is 1.40 bits per heavy atom. The highest BCUT2D eigenvalue weighted by molar-refractivity contribution is 7.08. The normalized spacial score (nSPS) is 12.2. The summed E-state index contributed by atoms with van der Waals surface area (Å²) in [5, 5.41) is 6.94. The lowest BCUT2D eigenvalue weighted by molar-refractivity contribution is 0.0910. The van der Waals surface area contributed by atoms with Gasteiger partial charge in [-0.05, 0) is 25.4 Å². The van der Waals surface area contributed by atoms with E-state index < -0.39 is 0 Å². The number of amides is 1. The van der Waals surface area contributed by atoms with Crippen molar-refractivity contribution in [2.24, 2.45) is 0 Å². The molecule has 1 aromatic carbocycles. The van der Waals surface area contributed by atoms with Crippen LogP contribution < -0.4 is 5.32 Å². The Labute approximate surface area is 122 Å². The van der Waals surface area contributed by atoms with Crippen LogP contribution in [-0.4, -0.2) is 35.3 Å². The number of benzene rings is 1. The van der Waals surface area contributed by atoms with E-state index in [-0.39, 0.29) is 11.9 Å². The summed E-state index contributed by atoms with van der Waals surface area (Å²) in [4.78, 5) is 12.7. The van der Waals surface area contributed by atoms with E-state index in [2.05, 4.69) is 14.9 Å². The SMILES string of the molecule is COCC(C)NC(=O)c1snnc1-c1ccc(C)cc1. The minimum absolute atomic E-state index is 0.0551. The lowest BCUT2D eigenvalue weighted by atomic mass is 10.1. The fraction of sp³-hybridized carbons (Fsp3) is 0.357. The van der Waals surface area contributed by atoms with Crippen molar-refractivity contribution in [1.29, 1.82) is 0 Å². The Morgan fingerprint density at radius 3 is 2.75 bits per heavy atom. The van der Waals surface area contributed by atoms with Gasteiger partial charge in [0, 0.05) is 18.7 Å². The van der Waals surface area contributed by atoms with E-state index in [1.165, 1.54) is 0 Å². The Hall–Kier alpha value is -1.79. The van der Waals surface area contributed by atoms with Crippen LogP contribution in [0.1, 0.15) is 22.2 Å². The smallest absolute Gasteiger partial charge is 0.265 e. The molecule has 0 aliphatic heterocycles. The number of ether oxygens (including phenoxy) is 1. The third kappa shape index (κ3) is 3.40. The number of hydrogen-bond donors (Lipinski definition) is 1. The van der Waals surface area contributed by atoms with Gasteiger partial charge in [-0.15, -0.1) is 5.10 Å². The van der Waals surface area contributed by atoms with E-state index in [1.807, 2.05) is 38.1 Å². The number of nitrogens with one attached hydrogen (secondary N) is 1. The summed E-state index contributed by atoms with van der Waals surface area (Å²) in [5.74, 6) is -0.167. The Morgan fingerprint density at radius 2 is 2.10 bits per heavy atom. The molecule has 0 bridgehead atoms. The molecule has 0 saturated carbocycles. The molecule has 0 aliphatic rings. The fourth-order valence-electron chi connectivity index (χ4n) is 1.82. The molecule has 20 heavy (non-hydrogen) atoms. The van der Waals surface area contributed by atoms with Gasteiger partial charge in [0.25, 0.3) is 5.91 Å². The highest BCUT2D eigenvalue weighted by Gasteiger charge is 2.19. The first-order chi connectivity index (χ1) is 9.61. The lowest BCUT2D eigenvalue weighted by Crippen LogP contribution is -2.35. The molecule has 1 aromatic heterocycles. The first kappa shape index (κ1) is 14.6. The van der Waals surface area contributed by atoms with E-state index in [1.54, 1.807) is 7.11 Å². The molecule has 0 spiro atoms. The van der Waals surface area contributed by atoms with Gasteiger partial charge in [-0.1, -0.05) is 34.3 Å². The molecule has 1 heterocycles. The Kier molecular flexibility index (Phi) is 4.81. The summed E-state index contributed by atoms with van der Waals surface area (Å²) in [7, 11) is 1.61. The van der Waals surface area contributed by atoms with Gasteiger partial charge >= 0.3 is 0 Å². The minimum atomic E-state index is -0.167. The molecule has 0 fully saturated rings. The molecule has 6 heteroatoms. The van der Waals surface area contributed by atoms with Crippen molar-refractivity contribution in [2.45, 2.75) is 19.9 Å². The third-order valence-electron chi connectivity index (χ3n) is 2.81. The van der Waals surface area contributed by atoms with Crippen molar-refractivity contribution < 1.29 is 9.53 Å². The average molecular weight is 291 g/mol. The molecule has 1 amide bonds. The molecule has 106 valence electrons. The van der Waals surface area contributed by atoms with Gasteiger partial charge in [0.1, 0.15) is 10.6 Å². The second-order valence-electron chi connectivity index (χ2n) is 4.65. The zero-order valence-electron chi connectivity index (χ0n) is 11.7. The third-order valence-corrected chi connectivity index (χ3v) is 3.54. The van der Waals surface area contributed by atoms with Crippen molar-refractivity contribution >= 4 is 17.4 Å². The summed E-state index contributed by atoms with van der Waals surface area (Å²) >= 11 is 1.10. The minimum Gasteiger partial charge on any atom is -0.383 e. The number of aromatic nitrogens is 2. The highest BCUT2D eigenvalue weighted by atomic mass is 32.1. The van der Waals surface area contributed by atoms with Crippen molar-refractivity contribution in [3.05, 3.63) is 34.7 Å². The summed E-state index contributed by atoms with van der Waals surface area (Å²) in [6, 6.07) is 7.82. The van der Waals surface area contributed by atoms with Crippen LogP contribution in [0.25, 0.3) is 11.3 Å². The topological polar surface area (TPSA) is 64.1 Å². The largest absolute Gasteiger partial charge is 0.383 e. The van der Waals surface area contributed by atoms with Crippen molar-refractivity contribution in [3.8, 4) is 11.3 Å². The number of nitrogens with zero attached hydrogens (tertiary/aromatic N) is 2. The van der Waals surface area contributed by atoms with Crippen molar-refractivity contribution in [2.75, 3.05) is 13.7 Å². The monoisotopic (exact) mass is 291 g/mol. The highest BCUT2D eigenvalue weighted by Crippen LogP contribution is 2.24. The van der Waals surface area contributed by atoms with E-state index in [0.29, 0.717) is 17.2 Å². The number of hydrogen-bond acceptors (Lipinski definition) is 5. The van der Waals surface area contributed by atoms with Gasteiger partial charge in [0.15, 0.2) is 0 Å². The number of carbonyl (C=O) groups is 1. The number of methoxy groups -OCH3 is 1. The molecule has 1 atom stereocenters. The van der Waals surface area contributed by atoms with Gasteiger partial charge in [-0.25, -0.2) is 0 Å². The maximum Gasteiger partial charge on any atom is 0.265 e. The van der Waals surface area contributed by atoms with Crippen LogP contribution in [0.4, 0.5) is 0 Å². The second-order valence-corrected chi connectivity index (χ2v) is 5.40. The predicted octanol–water partition coefficient (Wildman–Crippen LogP) is 2.28. The number of rotatable bonds is 5. The summed E-state index contributed by atoms with van der Waals surface area (Å²) in [6.07, 6.45) is 0. The zero-order valence-corrected chi connectivity index (χ0v) is 12.5. The molecule has 2 rings (SSSR count). The maximum atomic E-state index is 12.2. The molecule has 1 unspecified atom stereocenters. The molecule has 2 aromatic rings. The first-order valence-electron chi connectivity index (χ1n) is 6.31. The molecular weight excluding hydrogens is 274 g/mol. The molecule has 0 aliphatic carbocycles. The van der Waals surface area contributed by atoms with Crippen LogP contribution in [0.2, 0.25) is 0 Å². The quantitative estimate of drug-likeness (QED) is 0.918. The van der Waals surface area contributed by atoms with Gasteiger partial charge in [0.2, 0.25) is 0 Å². The van der Waals surface area contributed by atoms with Crippen molar-refractivity contribution in [3.63, 3.8) is 0 Å². The standard InChI is InChI=1S/C14H17N3O2S/c1-9-4-6-11(7-5-9)12-13(20-17-16-12)14(18)15-10(2)8-19-3/h4-7,10H,8H2,1-3H3,(H,15,18). The first-order valence-corrected chi connectivity index (χ1v) is 7.08. The van der Waals surface area contributed by atoms with Crippen LogP contribution in [-0.2, 0) is 4.74 Å². The van der Waals surface area contributed by atoms with Crippen LogP contribution in [0.3, 0.4) is 0 Å². The van der Waals surface area contributed by atoms with Gasteiger partial charge in [0.05, 0.1) is 6.61 Å². The Balaban J connectivity index is 2.20. The van der Waals surface area contributed by atoms with Gasteiger partial charge in [-0.3, -0.25) is 4.79 Å². The van der Waals surface area contributed by atoms with E-state index in [4.69, 9.17) is 4.74 Å². The van der Waals surface area contributed by atoms with Crippen LogP contribution >= 0.6 is 11.5 Å². The number of carbonyl (C=O) groups excluding carboxylic acids is 1. The molecule has 0 saturated heterocycles. The van der Waals surface area contributed by atoms with E-state index >= 15 is 0 Å². The van der Waals surface area contributed by atoms with Crippen molar-refractivity contribution in [1.82, 2.24) is 14.9 Å². The molecule has 1 N–H and O–H groups in total. The van der Waals surface area contributed by atoms with Gasteiger partial charge < -0.3 is 10.1 Å². The van der Waals surface area contributed by atoms with E-state index in [0.717, 1.165) is 22.7 Å². The van der Waals surface area contributed by atoms with Crippen LogP contribution in [0.15, 0.2) is 24.3 Å². The van der Waals surface area contributed by atoms with Gasteiger partial charge in [-0.2, -0.15) is 0 Å². The predicted molar refractivity (Wildman–Crippen MR) is 78.9 cm³/mol. The second kappa shape index (κ2) is 6.58. The summed E-state index contributed by atoms with van der Waals surface area (Å²) in [5.41, 5.74) is 2.68. The Bertz CT molecular complexity index is 580. The van der Waals surface area contributed by atoms with Crippen LogP contribution in [0, 0.1) is 6.92 Å². The summed E-state index contributed by atoms with van der Waals surface area (Å²) in [6.45, 7) is 4.38. The fourth-order valence-corrected chi connectivity index (χ4v) is 2.41. The lowest BCUT2D eigenvalue weighted by Gasteiger charge is -2.12. The molecular formula is C14H17N3O2S. The molecule has 5 nitrogen and oxygen atoms in total. The van der Waals surface area contributed by atoms with E-state index in [9.17, 15) is 4.79 Å².